The Labute approximate surface area is 98.7 Å². The first-order valence-corrected chi connectivity index (χ1v) is 5.67. The van der Waals surface area contributed by atoms with Gasteiger partial charge in [-0.3, -0.25) is 0 Å². The van der Waals surface area contributed by atoms with Crippen LogP contribution in [0.1, 0.15) is 6.42 Å². The van der Waals surface area contributed by atoms with Gasteiger partial charge in [0.05, 0.1) is 11.4 Å². The Morgan fingerprint density at radius 2 is 2.20 bits per heavy atom. The van der Waals surface area contributed by atoms with Crippen molar-refractivity contribution in [3.63, 3.8) is 0 Å². The zero-order chi connectivity index (χ0) is 11.3. The lowest BCUT2D eigenvalue weighted by Crippen LogP contribution is -2.34. The monoisotopic (exact) mass is 272 g/mol. The van der Waals surface area contributed by atoms with E-state index in [9.17, 15) is 0 Å². The molecule has 0 bridgehead atoms. The Morgan fingerprint density at radius 1 is 1.47 bits per heavy atom. The zero-order valence-corrected chi connectivity index (χ0v) is 10.4. The summed E-state index contributed by atoms with van der Waals surface area (Å²) in [6, 6.07) is 5.67. The van der Waals surface area contributed by atoms with Gasteiger partial charge < -0.3 is 16.1 Å². The highest BCUT2D eigenvalue weighted by Gasteiger charge is 2.09. The number of halogens is 1. The van der Waals surface area contributed by atoms with Crippen molar-refractivity contribution in [3.8, 4) is 0 Å². The molecule has 0 radical (unpaired) electrons. The molecule has 0 aliphatic rings. The summed E-state index contributed by atoms with van der Waals surface area (Å²) in [6.07, 6.45) is 0.980. The first-order valence-electron chi connectivity index (χ1n) is 4.87. The maximum atomic E-state index is 5.93. The molecule has 5 N–H and O–H groups in total. The molecule has 5 heteroatoms. The highest BCUT2D eigenvalue weighted by Crippen LogP contribution is 2.30. The summed E-state index contributed by atoms with van der Waals surface area (Å²) >= 11 is 3.44. The minimum absolute atomic E-state index is 0.691. The van der Waals surface area contributed by atoms with E-state index in [1.54, 1.807) is 5.01 Å². The van der Waals surface area contributed by atoms with Crippen molar-refractivity contribution in [2.45, 2.75) is 6.42 Å². The first-order chi connectivity index (χ1) is 7.16. The summed E-state index contributed by atoms with van der Waals surface area (Å²) in [5.74, 6) is 5.93. The molecule has 0 heterocycles. The SMILES string of the molecule is CNCCCN(N)c1c(N)cccc1Br. The normalized spacial score (nSPS) is 10.3. The van der Waals surface area contributed by atoms with Crippen LogP contribution in [-0.4, -0.2) is 20.1 Å². The van der Waals surface area contributed by atoms with Crippen LogP contribution in [0, 0.1) is 0 Å². The first kappa shape index (κ1) is 12.3. The third kappa shape index (κ3) is 3.37. The van der Waals surface area contributed by atoms with Crippen molar-refractivity contribution in [1.29, 1.82) is 0 Å². The molecule has 0 atom stereocenters. The number of rotatable bonds is 5. The van der Waals surface area contributed by atoms with E-state index < -0.39 is 0 Å². The quantitative estimate of drug-likeness (QED) is 0.327. The number of nitrogen functional groups attached to an aromatic ring is 1. The van der Waals surface area contributed by atoms with Crippen molar-refractivity contribution in [1.82, 2.24) is 5.32 Å². The molecular weight excluding hydrogens is 256 g/mol. The number of hydrogen-bond acceptors (Lipinski definition) is 4. The van der Waals surface area contributed by atoms with E-state index in [0.717, 1.165) is 29.7 Å². The van der Waals surface area contributed by atoms with Crippen LogP contribution in [0.3, 0.4) is 0 Å². The smallest absolute Gasteiger partial charge is 0.0889 e. The van der Waals surface area contributed by atoms with E-state index in [4.69, 9.17) is 11.6 Å². The predicted molar refractivity (Wildman–Crippen MR) is 68.6 cm³/mol. The van der Waals surface area contributed by atoms with Gasteiger partial charge in [0.1, 0.15) is 0 Å². The molecule has 0 fully saturated rings. The fourth-order valence-electron chi connectivity index (χ4n) is 1.37. The molecule has 0 saturated heterocycles. The van der Waals surface area contributed by atoms with Gasteiger partial charge in [0.15, 0.2) is 0 Å². The lowest BCUT2D eigenvalue weighted by Gasteiger charge is -2.21. The second-order valence-electron chi connectivity index (χ2n) is 3.33. The third-order valence-corrected chi connectivity index (χ3v) is 2.77. The number of para-hydroxylation sites is 1. The van der Waals surface area contributed by atoms with E-state index in [0.29, 0.717) is 5.69 Å². The number of benzene rings is 1. The van der Waals surface area contributed by atoms with Crippen LogP contribution in [0.25, 0.3) is 0 Å². The van der Waals surface area contributed by atoms with Gasteiger partial charge in [0.25, 0.3) is 0 Å². The van der Waals surface area contributed by atoms with Crippen LogP contribution in [0.15, 0.2) is 22.7 Å². The maximum Gasteiger partial charge on any atom is 0.0889 e. The fraction of sp³-hybridized carbons (Fsp3) is 0.400. The Bertz CT molecular complexity index is 296. The summed E-state index contributed by atoms with van der Waals surface area (Å²) < 4.78 is 0.925. The van der Waals surface area contributed by atoms with Crippen molar-refractivity contribution >= 4 is 27.3 Å². The van der Waals surface area contributed by atoms with Gasteiger partial charge in [0, 0.05) is 11.0 Å². The summed E-state index contributed by atoms with van der Waals surface area (Å²) in [7, 11) is 1.92. The number of nitrogens with one attached hydrogen (secondary N) is 1. The number of hydrazine groups is 1. The van der Waals surface area contributed by atoms with E-state index in [1.165, 1.54) is 0 Å². The van der Waals surface area contributed by atoms with Gasteiger partial charge >= 0.3 is 0 Å². The summed E-state index contributed by atoms with van der Waals surface area (Å²) in [5.41, 5.74) is 7.41. The second kappa shape index (κ2) is 5.95. The average Bonchev–Trinajstić information content (AvgIpc) is 2.18. The lowest BCUT2D eigenvalue weighted by molar-refractivity contribution is 0.696. The summed E-state index contributed by atoms with van der Waals surface area (Å²) in [6.45, 7) is 1.71. The van der Waals surface area contributed by atoms with Crippen molar-refractivity contribution in [2.75, 3.05) is 30.9 Å². The molecule has 0 unspecified atom stereocenters. The Balaban J connectivity index is 2.68. The average molecular weight is 273 g/mol. The standard InChI is InChI=1S/C10H17BrN4/c1-14-6-3-7-15(13)10-8(11)4-2-5-9(10)12/h2,4-5,14H,3,6-7,12-13H2,1H3. The second-order valence-corrected chi connectivity index (χ2v) is 4.18. The molecule has 0 aliphatic carbocycles. The highest BCUT2D eigenvalue weighted by molar-refractivity contribution is 9.10. The fourth-order valence-corrected chi connectivity index (χ4v) is 1.98. The van der Waals surface area contributed by atoms with Gasteiger partial charge in [0.2, 0.25) is 0 Å². The molecule has 1 aromatic rings. The number of hydrogen-bond donors (Lipinski definition) is 3. The largest absolute Gasteiger partial charge is 0.397 e. The minimum atomic E-state index is 0.691. The van der Waals surface area contributed by atoms with E-state index in [2.05, 4.69) is 21.2 Å². The molecule has 84 valence electrons. The van der Waals surface area contributed by atoms with E-state index in [-0.39, 0.29) is 0 Å². The van der Waals surface area contributed by atoms with Crippen molar-refractivity contribution < 1.29 is 0 Å². The maximum absolute atomic E-state index is 5.93. The molecule has 1 rings (SSSR count). The molecule has 0 aromatic heterocycles. The molecule has 4 nitrogen and oxygen atoms in total. The number of anilines is 2. The Kier molecular flexibility index (Phi) is 4.87. The Hall–Kier alpha value is -0.780. The van der Waals surface area contributed by atoms with E-state index in [1.807, 2.05) is 25.2 Å². The van der Waals surface area contributed by atoms with Crippen LogP contribution in [0.2, 0.25) is 0 Å². The van der Waals surface area contributed by atoms with Crippen LogP contribution < -0.4 is 21.9 Å². The topological polar surface area (TPSA) is 67.3 Å². The van der Waals surface area contributed by atoms with Crippen LogP contribution in [-0.2, 0) is 0 Å². The van der Waals surface area contributed by atoms with Gasteiger partial charge in [-0.15, -0.1) is 0 Å². The van der Waals surface area contributed by atoms with Crippen LogP contribution >= 0.6 is 15.9 Å². The minimum Gasteiger partial charge on any atom is -0.397 e. The van der Waals surface area contributed by atoms with Gasteiger partial charge in [-0.2, -0.15) is 0 Å². The molecule has 0 spiro atoms. The lowest BCUT2D eigenvalue weighted by atomic mass is 10.2. The molecule has 0 aliphatic heterocycles. The summed E-state index contributed by atoms with van der Waals surface area (Å²) in [5, 5.41) is 4.76. The highest BCUT2D eigenvalue weighted by atomic mass is 79.9. The molecule has 1 aromatic carbocycles. The predicted octanol–water partition coefficient (Wildman–Crippen LogP) is 1.32. The molecule has 15 heavy (non-hydrogen) atoms. The van der Waals surface area contributed by atoms with Crippen molar-refractivity contribution in [3.05, 3.63) is 22.7 Å². The summed E-state index contributed by atoms with van der Waals surface area (Å²) in [4.78, 5) is 0. The van der Waals surface area contributed by atoms with Gasteiger partial charge in [-0.25, -0.2) is 5.84 Å². The van der Waals surface area contributed by atoms with E-state index >= 15 is 0 Å². The third-order valence-electron chi connectivity index (χ3n) is 2.13. The van der Waals surface area contributed by atoms with Crippen LogP contribution in [0.4, 0.5) is 11.4 Å². The molecular formula is C10H17BrN4. The molecule has 0 amide bonds. The Morgan fingerprint density at radius 3 is 2.80 bits per heavy atom. The number of nitrogens with zero attached hydrogens (tertiary/aromatic N) is 1. The van der Waals surface area contributed by atoms with Gasteiger partial charge in [-0.1, -0.05) is 6.07 Å². The van der Waals surface area contributed by atoms with Crippen molar-refractivity contribution in [2.24, 2.45) is 5.84 Å². The van der Waals surface area contributed by atoms with Crippen LogP contribution in [0.5, 0.6) is 0 Å². The van der Waals surface area contributed by atoms with Gasteiger partial charge in [-0.05, 0) is 48.1 Å². The molecule has 0 saturated carbocycles. The number of nitrogens with two attached hydrogens (primary N) is 2. The zero-order valence-electron chi connectivity index (χ0n) is 8.83.